The van der Waals surface area contributed by atoms with Gasteiger partial charge in [0.15, 0.2) is 0 Å². The van der Waals surface area contributed by atoms with Gasteiger partial charge in [0.2, 0.25) is 0 Å². The number of imidazole rings is 1. The lowest BCUT2D eigenvalue weighted by Gasteiger charge is -2.20. The predicted molar refractivity (Wildman–Crippen MR) is 46.0 cm³/mol. The van der Waals surface area contributed by atoms with Gasteiger partial charge in [-0.15, -0.1) is 0 Å². The minimum atomic E-state index is -0.0611. The van der Waals surface area contributed by atoms with Crippen molar-refractivity contribution in [3.05, 3.63) is 17.7 Å². The van der Waals surface area contributed by atoms with Gasteiger partial charge in [-0.05, 0) is 0 Å². The summed E-state index contributed by atoms with van der Waals surface area (Å²) in [5.41, 5.74) is 6.37. The van der Waals surface area contributed by atoms with Gasteiger partial charge in [0.25, 0.3) is 0 Å². The van der Waals surface area contributed by atoms with E-state index in [-0.39, 0.29) is 6.10 Å². The van der Waals surface area contributed by atoms with Crippen LogP contribution in [0.3, 0.4) is 0 Å². The third kappa shape index (κ3) is 1.88. The molecule has 0 aliphatic carbocycles. The number of aromatic nitrogens is 2. The zero-order valence-electron chi connectivity index (χ0n) is 7.32. The molecular formula is C8H13N3O2. The maximum absolute atomic E-state index is 5.46. The normalized spacial score (nSPS) is 23.3. The van der Waals surface area contributed by atoms with Crippen LogP contribution in [-0.2, 0) is 16.0 Å². The summed E-state index contributed by atoms with van der Waals surface area (Å²) in [6.45, 7) is 2.34. The maximum Gasteiger partial charge on any atom is 0.138 e. The van der Waals surface area contributed by atoms with Crippen LogP contribution in [0.1, 0.15) is 17.6 Å². The number of H-pyrrole nitrogens is 1. The average molecular weight is 183 g/mol. The van der Waals surface area contributed by atoms with E-state index < -0.39 is 0 Å². The van der Waals surface area contributed by atoms with Gasteiger partial charge in [0.05, 0.1) is 19.8 Å². The van der Waals surface area contributed by atoms with Crippen LogP contribution in [0.4, 0.5) is 0 Å². The number of aromatic amines is 1. The van der Waals surface area contributed by atoms with E-state index in [0.717, 1.165) is 11.5 Å². The molecule has 0 saturated carbocycles. The predicted octanol–water partition coefficient (Wildman–Crippen LogP) is -0.0437. The van der Waals surface area contributed by atoms with Crippen LogP contribution in [0, 0.1) is 0 Å². The molecule has 0 bridgehead atoms. The second-order valence-electron chi connectivity index (χ2n) is 2.93. The van der Waals surface area contributed by atoms with Gasteiger partial charge < -0.3 is 20.2 Å². The lowest BCUT2D eigenvalue weighted by Crippen LogP contribution is -2.22. The molecule has 0 aromatic carbocycles. The smallest absolute Gasteiger partial charge is 0.138 e. The minimum absolute atomic E-state index is 0.0611. The van der Waals surface area contributed by atoms with Gasteiger partial charge >= 0.3 is 0 Å². The summed E-state index contributed by atoms with van der Waals surface area (Å²) in [6.07, 6.45) is 1.67. The van der Waals surface area contributed by atoms with Crippen LogP contribution in [0.25, 0.3) is 0 Å². The molecular weight excluding hydrogens is 170 g/mol. The Bertz CT molecular complexity index is 268. The van der Waals surface area contributed by atoms with Crippen molar-refractivity contribution in [1.82, 2.24) is 9.97 Å². The van der Waals surface area contributed by atoms with Crippen molar-refractivity contribution in [2.24, 2.45) is 5.73 Å². The van der Waals surface area contributed by atoms with E-state index in [2.05, 4.69) is 9.97 Å². The van der Waals surface area contributed by atoms with E-state index in [0.29, 0.717) is 26.4 Å². The van der Waals surface area contributed by atoms with Crippen molar-refractivity contribution in [2.75, 3.05) is 19.8 Å². The molecule has 0 amide bonds. The first-order chi connectivity index (χ1) is 6.40. The fraction of sp³-hybridized carbons (Fsp3) is 0.625. The highest BCUT2D eigenvalue weighted by Gasteiger charge is 2.19. The molecule has 5 nitrogen and oxygen atoms in total. The molecule has 2 heterocycles. The molecule has 0 spiro atoms. The highest BCUT2D eigenvalue weighted by atomic mass is 16.6. The van der Waals surface area contributed by atoms with Crippen LogP contribution in [0.5, 0.6) is 0 Å². The Morgan fingerprint density at radius 1 is 1.62 bits per heavy atom. The summed E-state index contributed by atoms with van der Waals surface area (Å²) in [5.74, 6) is 0.806. The molecule has 13 heavy (non-hydrogen) atoms. The van der Waals surface area contributed by atoms with Crippen molar-refractivity contribution < 1.29 is 9.47 Å². The molecule has 1 atom stereocenters. The average Bonchev–Trinajstić information content (AvgIpc) is 2.67. The largest absolute Gasteiger partial charge is 0.376 e. The van der Waals surface area contributed by atoms with Gasteiger partial charge in [-0.1, -0.05) is 0 Å². The highest BCUT2D eigenvalue weighted by molar-refractivity contribution is 5.03. The van der Waals surface area contributed by atoms with Crippen molar-refractivity contribution >= 4 is 0 Å². The number of hydrogen-bond acceptors (Lipinski definition) is 4. The van der Waals surface area contributed by atoms with Crippen molar-refractivity contribution in [3.63, 3.8) is 0 Å². The summed E-state index contributed by atoms with van der Waals surface area (Å²) >= 11 is 0. The molecule has 1 saturated heterocycles. The zero-order valence-corrected chi connectivity index (χ0v) is 7.32. The van der Waals surface area contributed by atoms with E-state index in [1.54, 1.807) is 6.20 Å². The Hall–Kier alpha value is -0.910. The first kappa shape index (κ1) is 8.68. The SMILES string of the molecule is NCc1cnc(C2COCCO2)[nH]1. The first-order valence-electron chi connectivity index (χ1n) is 4.33. The van der Waals surface area contributed by atoms with Crippen LogP contribution >= 0.6 is 0 Å². The molecule has 72 valence electrons. The quantitative estimate of drug-likeness (QED) is 0.674. The van der Waals surface area contributed by atoms with E-state index >= 15 is 0 Å². The van der Waals surface area contributed by atoms with Gasteiger partial charge in [-0.25, -0.2) is 4.98 Å². The summed E-state index contributed by atoms with van der Waals surface area (Å²) in [5, 5.41) is 0. The second-order valence-corrected chi connectivity index (χ2v) is 2.93. The van der Waals surface area contributed by atoms with Crippen LogP contribution in [-0.4, -0.2) is 29.8 Å². The van der Waals surface area contributed by atoms with E-state index in [1.807, 2.05) is 0 Å². The number of hydrogen-bond donors (Lipinski definition) is 2. The van der Waals surface area contributed by atoms with Gasteiger partial charge in [0, 0.05) is 18.4 Å². The second kappa shape index (κ2) is 3.87. The Labute approximate surface area is 76.2 Å². The van der Waals surface area contributed by atoms with Gasteiger partial charge in [0.1, 0.15) is 11.9 Å². The maximum atomic E-state index is 5.46. The molecule has 1 aromatic heterocycles. The summed E-state index contributed by atoms with van der Waals surface area (Å²) < 4.78 is 10.7. The molecule has 1 aromatic rings. The zero-order chi connectivity index (χ0) is 9.10. The first-order valence-corrected chi connectivity index (χ1v) is 4.33. The molecule has 1 aliphatic rings. The van der Waals surface area contributed by atoms with Crippen LogP contribution in [0.2, 0.25) is 0 Å². The number of nitrogens with one attached hydrogen (secondary N) is 1. The Morgan fingerprint density at radius 2 is 2.54 bits per heavy atom. The summed E-state index contributed by atoms with van der Waals surface area (Å²) in [6, 6.07) is 0. The fourth-order valence-corrected chi connectivity index (χ4v) is 1.29. The molecule has 0 radical (unpaired) electrons. The van der Waals surface area contributed by atoms with Gasteiger partial charge in [-0.3, -0.25) is 0 Å². The Morgan fingerprint density at radius 3 is 3.15 bits per heavy atom. The highest BCUT2D eigenvalue weighted by Crippen LogP contribution is 2.17. The van der Waals surface area contributed by atoms with Crippen molar-refractivity contribution in [2.45, 2.75) is 12.6 Å². The third-order valence-corrected chi connectivity index (χ3v) is 1.99. The Balaban J connectivity index is 2.05. The van der Waals surface area contributed by atoms with E-state index in [9.17, 15) is 0 Å². The number of ether oxygens (including phenoxy) is 2. The minimum Gasteiger partial charge on any atom is -0.376 e. The summed E-state index contributed by atoms with van der Waals surface area (Å²) in [7, 11) is 0. The Kier molecular flexibility index (Phi) is 2.58. The van der Waals surface area contributed by atoms with Crippen LogP contribution in [0.15, 0.2) is 6.20 Å². The lowest BCUT2D eigenvalue weighted by molar-refractivity contribution is -0.0932. The van der Waals surface area contributed by atoms with Crippen molar-refractivity contribution in [1.29, 1.82) is 0 Å². The third-order valence-electron chi connectivity index (χ3n) is 1.99. The topological polar surface area (TPSA) is 73.2 Å². The fourth-order valence-electron chi connectivity index (χ4n) is 1.29. The van der Waals surface area contributed by atoms with E-state index in [4.69, 9.17) is 15.2 Å². The van der Waals surface area contributed by atoms with Crippen molar-refractivity contribution in [3.8, 4) is 0 Å². The number of nitrogens with zero attached hydrogens (tertiary/aromatic N) is 1. The molecule has 1 aliphatic heterocycles. The van der Waals surface area contributed by atoms with Gasteiger partial charge in [-0.2, -0.15) is 0 Å². The molecule has 1 fully saturated rings. The number of rotatable bonds is 2. The van der Waals surface area contributed by atoms with Crippen LogP contribution < -0.4 is 5.73 Å². The molecule has 1 unspecified atom stereocenters. The molecule has 3 N–H and O–H groups in total. The molecule has 2 rings (SSSR count). The monoisotopic (exact) mass is 183 g/mol. The lowest BCUT2D eigenvalue weighted by atomic mass is 10.3. The molecule has 5 heteroatoms. The standard InChI is InChI=1S/C8H13N3O2/c9-3-6-4-10-8(11-6)7-5-12-1-2-13-7/h4,7H,1-3,5,9H2,(H,10,11). The van der Waals surface area contributed by atoms with E-state index in [1.165, 1.54) is 0 Å². The number of nitrogens with two attached hydrogens (primary N) is 1. The summed E-state index contributed by atoms with van der Waals surface area (Å²) in [4.78, 5) is 7.26.